The van der Waals surface area contributed by atoms with Crippen LogP contribution >= 0.6 is 0 Å². The van der Waals surface area contributed by atoms with Crippen LogP contribution in [0.4, 0.5) is 0 Å². The summed E-state index contributed by atoms with van der Waals surface area (Å²) in [6.45, 7) is 0.633. The van der Waals surface area contributed by atoms with E-state index in [0.29, 0.717) is 5.56 Å². The number of aliphatic hydroxyl groups excluding tert-OH is 2. The monoisotopic (exact) mass is 416 g/mol. The molecule has 0 saturated heterocycles. The van der Waals surface area contributed by atoms with Crippen molar-refractivity contribution < 1.29 is 36.0 Å². The summed E-state index contributed by atoms with van der Waals surface area (Å²) in [4.78, 5) is -0.526. The zero-order chi connectivity index (χ0) is 20.2. The molecule has 0 bridgehead atoms. The molecule has 0 aliphatic heterocycles. The normalized spacial score (nSPS) is 13.2. The van der Waals surface area contributed by atoms with E-state index in [2.05, 4.69) is 0 Å². The van der Waals surface area contributed by atoms with Crippen molar-refractivity contribution >= 4 is 20.0 Å². The van der Waals surface area contributed by atoms with E-state index in [9.17, 15) is 21.9 Å². The Morgan fingerprint density at radius 3 is 2.26 bits per heavy atom. The molecule has 0 fully saturated rings. The molecule has 0 spiro atoms. The lowest BCUT2D eigenvalue weighted by Gasteiger charge is -2.17. The van der Waals surface area contributed by atoms with E-state index in [4.69, 9.17) is 14.0 Å². The van der Waals surface area contributed by atoms with Crippen molar-refractivity contribution in [2.45, 2.75) is 22.8 Å². The number of benzene rings is 2. The van der Waals surface area contributed by atoms with Gasteiger partial charge in [-0.3, -0.25) is 0 Å². The first-order chi connectivity index (χ1) is 12.5. The Morgan fingerprint density at radius 1 is 1.07 bits per heavy atom. The van der Waals surface area contributed by atoms with E-state index in [1.807, 2.05) is 0 Å². The predicted octanol–water partition coefficient (Wildman–Crippen LogP) is 0.898. The average Bonchev–Trinajstić information content (AvgIpc) is 2.60. The van der Waals surface area contributed by atoms with Crippen molar-refractivity contribution in [3.8, 4) is 11.5 Å². The van der Waals surface area contributed by atoms with Crippen molar-refractivity contribution in [1.82, 2.24) is 0 Å². The van der Waals surface area contributed by atoms with Crippen LogP contribution in [-0.4, -0.2) is 52.6 Å². The van der Waals surface area contributed by atoms with Gasteiger partial charge >= 0.3 is 10.1 Å². The van der Waals surface area contributed by atoms with Crippen molar-refractivity contribution in [3.05, 3.63) is 48.0 Å². The lowest BCUT2D eigenvalue weighted by molar-refractivity contribution is 0.0529. The van der Waals surface area contributed by atoms with Gasteiger partial charge in [0.05, 0.1) is 6.61 Å². The zero-order valence-corrected chi connectivity index (χ0v) is 16.3. The van der Waals surface area contributed by atoms with Gasteiger partial charge in [0, 0.05) is 6.26 Å². The number of hydrogen-bond acceptors (Lipinski definition) is 8. The molecule has 10 heteroatoms. The fraction of sp³-hybridized carbons (Fsp3) is 0.294. The first-order valence-corrected chi connectivity index (χ1v) is 11.1. The summed E-state index contributed by atoms with van der Waals surface area (Å²) >= 11 is 0. The molecule has 148 valence electrons. The van der Waals surface area contributed by atoms with Crippen molar-refractivity contribution in [1.29, 1.82) is 0 Å². The van der Waals surface area contributed by atoms with Crippen LogP contribution in [0.5, 0.6) is 11.5 Å². The first kappa shape index (κ1) is 21.2. The maximum absolute atomic E-state index is 12.6. The third-order valence-electron chi connectivity index (χ3n) is 3.43. The number of hydrogen-bond donors (Lipinski definition) is 2. The Labute approximate surface area is 158 Å². The molecule has 27 heavy (non-hydrogen) atoms. The molecule has 2 rings (SSSR count). The van der Waals surface area contributed by atoms with Crippen LogP contribution in [0.3, 0.4) is 0 Å². The van der Waals surface area contributed by atoms with Crippen molar-refractivity contribution in [3.63, 3.8) is 0 Å². The molecule has 0 aliphatic carbocycles. The lowest BCUT2D eigenvalue weighted by atomic mass is 10.2. The van der Waals surface area contributed by atoms with Crippen LogP contribution < -0.4 is 8.92 Å². The number of aliphatic hydroxyl groups is 2. The quantitative estimate of drug-likeness (QED) is 0.608. The lowest BCUT2D eigenvalue weighted by Crippen LogP contribution is -2.22. The molecule has 1 atom stereocenters. The molecule has 0 heterocycles. The highest BCUT2D eigenvalue weighted by Gasteiger charge is 2.27. The van der Waals surface area contributed by atoms with Gasteiger partial charge < -0.3 is 19.1 Å². The number of sulfone groups is 1. The van der Waals surface area contributed by atoms with E-state index < -0.39 is 38.4 Å². The second kappa shape index (κ2) is 8.26. The minimum atomic E-state index is -4.33. The van der Waals surface area contributed by atoms with E-state index >= 15 is 0 Å². The van der Waals surface area contributed by atoms with Crippen LogP contribution in [-0.2, 0) is 20.0 Å². The van der Waals surface area contributed by atoms with Crippen molar-refractivity contribution in [2.75, 3.05) is 19.5 Å². The summed E-state index contributed by atoms with van der Waals surface area (Å²) in [5, 5.41) is 18.4. The Kier molecular flexibility index (Phi) is 6.47. The number of ether oxygens (including phenoxy) is 1. The molecule has 8 nitrogen and oxygen atoms in total. The fourth-order valence-electron chi connectivity index (χ4n) is 2.16. The summed E-state index contributed by atoms with van der Waals surface area (Å²) in [6.07, 6.45) is -0.318. The molecule has 0 aromatic heterocycles. The molecule has 0 saturated carbocycles. The van der Waals surface area contributed by atoms with Gasteiger partial charge in [0.15, 0.2) is 15.6 Å². The van der Waals surface area contributed by atoms with E-state index in [1.54, 1.807) is 13.0 Å². The summed E-state index contributed by atoms with van der Waals surface area (Å²) in [5.41, 5.74) is 0.480. The minimum Gasteiger partial charge on any atom is -0.487 e. The van der Waals surface area contributed by atoms with Crippen LogP contribution in [0, 0.1) is 6.92 Å². The van der Waals surface area contributed by atoms with Crippen LogP contribution in [0.15, 0.2) is 52.3 Å². The predicted molar refractivity (Wildman–Crippen MR) is 97.1 cm³/mol. The second-order valence-corrected chi connectivity index (χ2v) is 9.39. The van der Waals surface area contributed by atoms with Gasteiger partial charge in [-0.2, -0.15) is 8.42 Å². The highest BCUT2D eigenvalue weighted by atomic mass is 32.2. The van der Waals surface area contributed by atoms with E-state index in [-0.39, 0.29) is 22.1 Å². The van der Waals surface area contributed by atoms with E-state index in [1.165, 1.54) is 36.4 Å². The molecule has 0 amide bonds. The molecule has 1 unspecified atom stereocenters. The smallest absolute Gasteiger partial charge is 0.339 e. The molecular weight excluding hydrogens is 396 g/mol. The standard InChI is InChI=1S/C17H20O8S2/c1-12-8-15(24-11-13(19)10-18)17(16(9-12)26(2,20)21)25-27(22,23)14-6-4-3-5-7-14/h3-9,13,18-19H,10-11H2,1-2H3. The zero-order valence-electron chi connectivity index (χ0n) is 14.7. The summed E-state index contributed by atoms with van der Waals surface area (Å²) in [6, 6.07) is 9.88. The molecule has 2 aromatic rings. The Balaban J connectivity index is 2.57. The minimum absolute atomic E-state index is 0.161. The molecule has 0 aliphatic rings. The van der Waals surface area contributed by atoms with Gasteiger partial charge in [0.2, 0.25) is 5.75 Å². The largest absolute Gasteiger partial charge is 0.487 e. The van der Waals surface area contributed by atoms with Gasteiger partial charge in [0.25, 0.3) is 0 Å². The van der Waals surface area contributed by atoms with Crippen LogP contribution in [0.2, 0.25) is 0 Å². The van der Waals surface area contributed by atoms with Gasteiger partial charge in [-0.1, -0.05) is 18.2 Å². The average molecular weight is 416 g/mol. The highest BCUT2D eigenvalue weighted by Crippen LogP contribution is 2.38. The Morgan fingerprint density at radius 2 is 1.70 bits per heavy atom. The first-order valence-electron chi connectivity index (χ1n) is 7.80. The fourth-order valence-corrected chi connectivity index (χ4v) is 4.07. The summed E-state index contributed by atoms with van der Waals surface area (Å²) < 4.78 is 59.9. The highest BCUT2D eigenvalue weighted by molar-refractivity contribution is 7.91. The van der Waals surface area contributed by atoms with Crippen LogP contribution in [0.1, 0.15) is 5.56 Å². The summed E-state index contributed by atoms with van der Waals surface area (Å²) in [7, 11) is -8.19. The van der Waals surface area contributed by atoms with Gasteiger partial charge in [-0.15, -0.1) is 0 Å². The number of rotatable bonds is 8. The molecular formula is C17H20O8S2. The van der Waals surface area contributed by atoms with Crippen molar-refractivity contribution in [2.24, 2.45) is 0 Å². The SMILES string of the molecule is Cc1cc(OCC(O)CO)c(OS(=O)(=O)c2ccccc2)c(S(C)(=O)=O)c1. The summed E-state index contributed by atoms with van der Waals surface area (Å²) in [5.74, 6) is -0.681. The Hall–Kier alpha value is -2.14. The van der Waals surface area contributed by atoms with Gasteiger partial charge in [-0.05, 0) is 36.8 Å². The maximum atomic E-state index is 12.6. The van der Waals surface area contributed by atoms with Gasteiger partial charge in [-0.25, -0.2) is 8.42 Å². The second-order valence-electron chi connectivity index (χ2n) is 5.86. The van der Waals surface area contributed by atoms with Gasteiger partial charge in [0.1, 0.15) is 22.5 Å². The third kappa shape index (κ3) is 5.42. The Bertz CT molecular complexity index is 999. The topological polar surface area (TPSA) is 127 Å². The van der Waals surface area contributed by atoms with E-state index in [0.717, 1.165) is 6.26 Å². The third-order valence-corrected chi connectivity index (χ3v) is 5.77. The molecule has 2 N–H and O–H groups in total. The number of aryl methyl sites for hydroxylation is 1. The molecule has 0 radical (unpaired) electrons. The molecule has 2 aromatic carbocycles. The van der Waals surface area contributed by atoms with Crippen LogP contribution in [0.25, 0.3) is 0 Å². The maximum Gasteiger partial charge on any atom is 0.339 e.